The number of aromatic nitrogens is 2. The van der Waals surface area contributed by atoms with Crippen molar-refractivity contribution in [1.82, 2.24) is 20.3 Å². The fourth-order valence-corrected chi connectivity index (χ4v) is 3.03. The van der Waals surface area contributed by atoms with Crippen LogP contribution in [0.25, 0.3) is 11.0 Å². The van der Waals surface area contributed by atoms with Gasteiger partial charge in [-0.15, -0.1) is 0 Å². The summed E-state index contributed by atoms with van der Waals surface area (Å²) in [5.41, 5.74) is 7.07. The van der Waals surface area contributed by atoms with Crippen molar-refractivity contribution in [1.29, 1.82) is 0 Å². The van der Waals surface area contributed by atoms with Crippen LogP contribution in [0, 0.1) is 10.6 Å². The van der Waals surface area contributed by atoms with Gasteiger partial charge in [-0.1, -0.05) is 30.9 Å². The molecule has 0 spiro atoms. The van der Waals surface area contributed by atoms with Gasteiger partial charge in [0, 0.05) is 19.0 Å². The third kappa shape index (κ3) is 3.85. The monoisotopic (exact) mass is 357 g/mol. The Balaban J connectivity index is 1.60. The maximum atomic E-state index is 12.3. The second kappa shape index (κ2) is 7.43. The maximum Gasteiger partial charge on any atom is 0.245 e. The molecule has 0 unspecified atom stereocenters. The van der Waals surface area contributed by atoms with Crippen LogP contribution in [0.5, 0.6) is 0 Å². The van der Waals surface area contributed by atoms with E-state index < -0.39 is 0 Å². The van der Waals surface area contributed by atoms with Crippen LogP contribution < -0.4 is 10.9 Å². The molecule has 3 N–H and O–H groups in total. The fourth-order valence-electron chi connectivity index (χ4n) is 2.83. The van der Waals surface area contributed by atoms with E-state index in [1.54, 1.807) is 4.90 Å². The molecule has 1 aliphatic heterocycles. The number of rotatable bonds is 4. The Morgan fingerprint density at radius 3 is 2.76 bits per heavy atom. The van der Waals surface area contributed by atoms with E-state index in [9.17, 15) is 9.59 Å². The standard InChI is InChI=1S/C17H19N5O2S/c1-2-14(23)22-9-7-11(8-10-22)16(24)21-20-15-17(25)19-13-6-4-3-5-12(13)18-15/h2-6,11H,1,7-10H2,(H,18,20)(H,19,25)(H,21,24). The number of aromatic amines is 1. The Bertz CT molecular complexity index is 871. The van der Waals surface area contributed by atoms with Crippen molar-refractivity contribution in [3.05, 3.63) is 41.6 Å². The second-order valence-corrected chi connectivity index (χ2v) is 6.26. The molecule has 2 heterocycles. The van der Waals surface area contributed by atoms with Crippen LogP contribution in [0.3, 0.4) is 0 Å². The van der Waals surface area contributed by atoms with Gasteiger partial charge in [-0.05, 0) is 31.1 Å². The van der Waals surface area contributed by atoms with Crippen molar-refractivity contribution < 1.29 is 9.59 Å². The molecule has 3 rings (SSSR count). The number of anilines is 1. The minimum atomic E-state index is -0.153. The molecule has 0 saturated carbocycles. The number of benzene rings is 1. The number of H-pyrrole nitrogens is 1. The normalized spacial score (nSPS) is 15.0. The molecule has 25 heavy (non-hydrogen) atoms. The molecule has 2 aromatic rings. The fraction of sp³-hybridized carbons (Fsp3) is 0.294. The molecule has 0 bridgehead atoms. The topological polar surface area (TPSA) is 90.1 Å². The van der Waals surface area contributed by atoms with E-state index in [0.29, 0.717) is 36.4 Å². The Hall–Kier alpha value is -2.74. The van der Waals surface area contributed by atoms with E-state index in [0.717, 1.165) is 11.0 Å². The summed E-state index contributed by atoms with van der Waals surface area (Å²) < 4.78 is 0.422. The average Bonchev–Trinajstić information content (AvgIpc) is 2.65. The summed E-state index contributed by atoms with van der Waals surface area (Å²) in [6, 6.07) is 7.53. The molecule has 1 aromatic heterocycles. The predicted molar refractivity (Wildman–Crippen MR) is 98.2 cm³/mol. The molecular formula is C17H19N5O2S. The van der Waals surface area contributed by atoms with Gasteiger partial charge in [0.15, 0.2) is 5.82 Å². The van der Waals surface area contributed by atoms with Crippen molar-refractivity contribution in [2.45, 2.75) is 12.8 Å². The minimum absolute atomic E-state index is 0.0939. The summed E-state index contributed by atoms with van der Waals surface area (Å²) in [5, 5.41) is 0. The number of likely N-dealkylation sites (tertiary alicyclic amines) is 1. The Morgan fingerprint density at radius 1 is 1.32 bits per heavy atom. The van der Waals surface area contributed by atoms with Crippen molar-refractivity contribution in [2.75, 3.05) is 18.5 Å². The lowest BCUT2D eigenvalue weighted by molar-refractivity contribution is -0.131. The number of para-hydroxylation sites is 2. The van der Waals surface area contributed by atoms with Gasteiger partial charge >= 0.3 is 0 Å². The number of amides is 2. The number of hydrogen-bond acceptors (Lipinski definition) is 5. The molecular weight excluding hydrogens is 338 g/mol. The van der Waals surface area contributed by atoms with Crippen molar-refractivity contribution in [3.8, 4) is 0 Å². The van der Waals surface area contributed by atoms with E-state index in [4.69, 9.17) is 12.2 Å². The van der Waals surface area contributed by atoms with Crippen molar-refractivity contribution in [3.63, 3.8) is 0 Å². The Kier molecular flexibility index (Phi) is 5.08. The summed E-state index contributed by atoms with van der Waals surface area (Å²) in [4.78, 5) is 33.1. The van der Waals surface area contributed by atoms with Gasteiger partial charge in [0.1, 0.15) is 4.64 Å². The zero-order chi connectivity index (χ0) is 17.8. The molecule has 1 saturated heterocycles. The lowest BCUT2D eigenvalue weighted by atomic mass is 9.96. The van der Waals surface area contributed by atoms with Crippen LogP contribution in [0.4, 0.5) is 5.82 Å². The molecule has 1 aliphatic rings. The Morgan fingerprint density at radius 2 is 2.04 bits per heavy atom. The summed E-state index contributed by atoms with van der Waals surface area (Å²) in [6.07, 6.45) is 2.53. The van der Waals surface area contributed by atoms with Crippen LogP contribution in [-0.2, 0) is 9.59 Å². The zero-order valence-corrected chi connectivity index (χ0v) is 14.4. The maximum absolute atomic E-state index is 12.3. The number of piperidine rings is 1. The molecule has 7 nitrogen and oxygen atoms in total. The van der Waals surface area contributed by atoms with Crippen molar-refractivity contribution >= 4 is 40.9 Å². The first kappa shape index (κ1) is 17.1. The number of carbonyl (C=O) groups excluding carboxylic acids is 2. The minimum Gasteiger partial charge on any atom is -0.342 e. The summed E-state index contributed by atoms with van der Waals surface area (Å²) >= 11 is 5.26. The van der Waals surface area contributed by atoms with Gasteiger partial charge in [0.2, 0.25) is 11.8 Å². The van der Waals surface area contributed by atoms with Crippen LogP contribution in [0.1, 0.15) is 12.8 Å². The van der Waals surface area contributed by atoms with E-state index in [1.165, 1.54) is 6.08 Å². The highest BCUT2D eigenvalue weighted by atomic mass is 32.1. The molecule has 0 atom stereocenters. The van der Waals surface area contributed by atoms with Crippen LogP contribution in [0.15, 0.2) is 36.9 Å². The number of fused-ring (bicyclic) bond motifs is 1. The van der Waals surface area contributed by atoms with E-state index in [1.807, 2.05) is 24.3 Å². The van der Waals surface area contributed by atoms with Gasteiger partial charge in [0.05, 0.1) is 11.0 Å². The van der Waals surface area contributed by atoms with Gasteiger partial charge in [0.25, 0.3) is 0 Å². The van der Waals surface area contributed by atoms with Crippen molar-refractivity contribution in [2.24, 2.45) is 5.92 Å². The first-order valence-corrected chi connectivity index (χ1v) is 8.45. The highest BCUT2D eigenvalue weighted by molar-refractivity contribution is 7.71. The number of hydrogen-bond donors (Lipinski definition) is 3. The third-order valence-electron chi connectivity index (χ3n) is 4.26. The molecule has 8 heteroatoms. The molecule has 1 aromatic carbocycles. The van der Waals surface area contributed by atoms with Crippen LogP contribution in [-0.4, -0.2) is 39.8 Å². The zero-order valence-electron chi connectivity index (χ0n) is 13.6. The average molecular weight is 357 g/mol. The van der Waals surface area contributed by atoms with Gasteiger partial charge in [-0.25, -0.2) is 4.98 Å². The van der Waals surface area contributed by atoms with Gasteiger partial charge in [-0.3, -0.25) is 20.4 Å². The highest BCUT2D eigenvalue weighted by Gasteiger charge is 2.26. The number of nitrogens with one attached hydrogen (secondary N) is 3. The first-order chi connectivity index (χ1) is 12.1. The summed E-state index contributed by atoms with van der Waals surface area (Å²) in [6.45, 7) is 4.59. The van der Waals surface area contributed by atoms with E-state index >= 15 is 0 Å². The third-order valence-corrected chi connectivity index (χ3v) is 4.55. The van der Waals surface area contributed by atoms with Crippen LogP contribution in [0.2, 0.25) is 0 Å². The number of nitrogens with zero attached hydrogens (tertiary/aromatic N) is 2. The summed E-state index contributed by atoms with van der Waals surface area (Å²) in [5.74, 6) is 0.0272. The summed E-state index contributed by atoms with van der Waals surface area (Å²) in [7, 11) is 0. The molecule has 2 amide bonds. The van der Waals surface area contributed by atoms with Gasteiger partial charge < -0.3 is 9.88 Å². The number of carbonyl (C=O) groups is 2. The molecule has 0 radical (unpaired) electrons. The quantitative estimate of drug-likeness (QED) is 0.443. The van der Waals surface area contributed by atoms with Gasteiger partial charge in [-0.2, -0.15) is 0 Å². The van der Waals surface area contributed by atoms with E-state index in [-0.39, 0.29) is 17.7 Å². The lowest BCUT2D eigenvalue weighted by Gasteiger charge is -2.30. The molecule has 130 valence electrons. The molecule has 1 fully saturated rings. The predicted octanol–water partition coefficient (Wildman–Crippen LogP) is 2.16. The first-order valence-electron chi connectivity index (χ1n) is 8.05. The largest absolute Gasteiger partial charge is 0.342 e. The van der Waals surface area contributed by atoms with Crippen LogP contribution >= 0.6 is 12.2 Å². The second-order valence-electron chi connectivity index (χ2n) is 5.85. The Labute approximate surface area is 150 Å². The smallest absolute Gasteiger partial charge is 0.245 e. The lowest BCUT2D eigenvalue weighted by Crippen LogP contribution is -2.43. The SMILES string of the molecule is C=CC(=O)N1CCC(C(=O)NNc2nc3ccccc3[nH]c2=S)CC1. The molecule has 0 aliphatic carbocycles. The number of hydrazine groups is 1. The highest BCUT2D eigenvalue weighted by Crippen LogP contribution is 2.18. The van der Waals surface area contributed by atoms with E-state index in [2.05, 4.69) is 27.4 Å².